The second kappa shape index (κ2) is 6.92. The SMILES string of the molecule is C.C[C@@H](NC(=O)c1ccc2cccnc2c1O)c1ccccc1. The van der Waals surface area contributed by atoms with E-state index in [-0.39, 0.29) is 30.7 Å². The van der Waals surface area contributed by atoms with E-state index in [1.807, 2.05) is 43.3 Å². The molecule has 1 heterocycles. The van der Waals surface area contributed by atoms with Crippen LogP contribution in [0.15, 0.2) is 60.8 Å². The summed E-state index contributed by atoms with van der Waals surface area (Å²) in [4.78, 5) is 16.5. The number of hydrogen-bond donors (Lipinski definition) is 2. The van der Waals surface area contributed by atoms with Crippen LogP contribution in [0.5, 0.6) is 5.75 Å². The van der Waals surface area contributed by atoms with Crippen molar-refractivity contribution in [2.45, 2.75) is 20.4 Å². The lowest BCUT2D eigenvalue weighted by Gasteiger charge is -2.15. The third kappa shape index (κ3) is 3.31. The lowest BCUT2D eigenvalue weighted by Crippen LogP contribution is -2.26. The van der Waals surface area contributed by atoms with Gasteiger partial charge in [0.2, 0.25) is 0 Å². The van der Waals surface area contributed by atoms with Gasteiger partial charge >= 0.3 is 0 Å². The largest absolute Gasteiger partial charge is 0.505 e. The summed E-state index contributed by atoms with van der Waals surface area (Å²) >= 11 is 0. The first kappa shape index (κ1) is 16.5. The minimum absolute atomic E-state index is 0. The summed E-state index contributed by atoms with van der Waals surface area (Å²) in [5.41, 5.74) is 1.67. The predicted octanol–water partition coefficient (Wildman–Crippen LogP) is 4.07. The number of hydrogen-bond acceptors (Lipinski definition) is 3. The Morgan fingerprint density at radius 2 is 1.83 bits per heavy atom. The van der Waals surface area contributed by atoms with E-state index >= 15 is 0 Å². The summed E-state index contributed by atoms with van der Waals surface area (Å²) in [7, 11) is 0. The second-order valence-corrected chi connectivity index (χ2v) is 5.14. The number of fused-ring (bicyclic) bond motifs is 1. The van der Waals surface area contributed by atoms with Crippen LogP contribution in [0.3, 0.4) is 0 Å². The Morgan fingerprint density at radius 3 is 2.57 bits per heavy atom. The van der Waals surface area contributed by atoms with Crippen molar-refractivity contribution in [3.63, 3.8) is 0 Å². The Morgan fingerprint density at radius 1 is 1.09 bits per heavy atom. The maximum absolute atomic E-state index is 12.4. The highest BCUT2D eigenvalue weighted by molar-refractivity contribution is 6.02. The average Bonchev–Trinajstić information content (AvgIpc) is 2.56. The molecule has 3 aromatic rings. The van der Waals surface area contributed by atoms with Gasteiger partial charge in [0.25, 0.3) is 5.91 Å². The number of amides is 1. The zero-order chi connectivity index (χ0) is 15.5. The molecule has 0 bridgehead atoms. The van der Waals surface area contributed by atoms with E-state index in [1.54, 1.807) is 24.4 Å². The summed E-state index contributed by atoms with van der Waals surface area (Å²) in [5, 5.41) is 14.0. The van der Waals surface area contributed by atoms with E-state index in [9.17, 15) is 9.90 Å². The lowest BCUT2D eigenvalue weighted by molar-refractivity contribution is 0.0937. The maximum Gasteiger partial charge on any atom is 0.255 e. The Kier molecular flexibility index (Phi) is 4.96. The van der Waals surface area contributed by atoms with Crippen LogP contribution in [0.1, 0.15) is 36.3 Å². The van der Waals surface area contributed by atoms with Crippen molar-refractivity contribution in [3.05, 3.63) is 71.9 Å². The summed E-state index contributed by atoms with van der Waals surface area (Å²) in [5.74, 6) is -0.405. The number of carbonyl (C=O) groups excluding carboxylic acids is 1. The molecule has 1 aromatic heterocycles. The van der Waals surface area contributed by atoms with Gasteiger partial charge in [-0.15, -0.1) is 0 Å². The van der Waals surface area contributed by atoms with Crippen LogP contribution in [0.4, 0.5) is 0 Å². The van der Waals surface area contributed by atoms with Crippen molar-refractivity contribution in [2.75, 3.05) is 0 Å². The van der Waals surface area contributed by atoms with E-state index in [2.05, 4.69) is 10.3 Å². The van der Waals surface area contributed by atoms with Crippen LogP contribution in [-0.2, 0) is 0 Å². The predicted molar refractivity (Wildman–Crippen MR) is 92.5 cm³/mol. The first-order valence-electron chi connectivity index (χ1n) is 7.09. The molecule has 1 atom stereocenters. The van der Waals surface area contributed by atoms with Crippen LogP contribution in [0.2, 0.25) is 0 Å². The Hall–Kier alpha value is -2.88. The van der Waals surface area contributed by atoms with Gasteiger partial charge in [-0.05, 0) is 24.6 Å². The highest BCUT2D eigenvalue weighted by Crippen LogP contribution is 2.27. The smallest absolute Gasteiger partial charge is 0.255 e. The number of rotatable bonds is 3. The number of benzene rings is 2. The summed E-state index contributed by atoms with van der Waals surface area (Å²) < 4.78 is 0. The number of carbonyl (C=O) groups is 1. The van der Waals surface area contributed by atoms with Gasteiger partial charge in [0.15, 0.2) is 5.75 Å². The fraction of sp³-hybridized carbons (Fsp3) is 0.158. The average molecular weight is 308 g/mol. The van der Waals surface area contributed by atoms with E-state index < -0.39 is 0 Å². The molecule has 2 N–H and O–H groups in total. The van der Waals surface area contributed by atoms with Crippen LogP contribution in [-0.4, -0.2) is 16.0 Å². The van der Waals surface area contributed by atoms with Gasteiger partial charge in [-0.1, -0.05) is 49.9 Å². The van der Waals surface area contributed by atoms with Gasteiger partial charge in [0.1, 0.15) is 5.52 Å². The van der Waals surface area contributed by atoms with Gasteiger partial charge in [0.05, 0.1) is 11.6 Å². The first-order valence-corrected chi connectivity index (χ1v) is 7.09. The number of pyridine rings is 1. The minimum Gasteiger partial charge on any atom is -0.505 e. The lowest BCUT2D eigenvalue weighted by atomic mass is 10.1. The van der Waals surface area contributed by atoms with Crippen molar-refractivity contribution < 1.29 is 9.90 Å². The van der Waals surface area contributed by atoms with E-state index in [0.717, 1.165) is 10.9 Å². The third-order valence-corrected chi connectivity index (χ3v) is 3.64. The molecule has 2 aromatic carbocycles. The highest BCUT2D eigenvalue weighted by atomic mass is 16.3. The molecule has 3 rings (SSSR count). The quantitative estimate of drug-likeness (QED) is 0.766. The molecule has 0 spiro atoms. The Labute approximate surface area is 135 Å². The van der Waals surface area contributed by atoms with Crippen LogP contribution < -0.4 is 5.32 Å². The topological polar surface area (TPSA) is 62.2 Å². The molecule has 0 aliphatic rings. The number of aromatic nitrogens is 1. The second-order valence-electron chi connectivity index (χ2n) is 5.14. The van der Waals surface area contributed by atoms with Crippen molar-refractivity contribution in [2.24, 2.45) is 0 Å². The molecule has 118 valence electrons. The number of nitrogens with zero attached hydrogens (tertiary/aromatic N) is 1. The summed E-state index contributed by atoms with van der Waals surface area (Å²) in [6.07, 6.45) is 1.59. The van der Waals surface area contributed by atoms with Gasteiger partial charge in [-0.25, -0.2) is 0 Å². The van der Waals surface area contributed by atoms with Crippen LogP contribution in [0.25, 0.3) is 10.9 Å². The van der Waals surface area contributed by atoms with Crippen LogP contribution in [0, 0.1) is 0 Å². The van der Waals surface area contributed by atoms with E-state index in [4.69, 9.17) is 0 Å². The molecule has 0 saturated carbocycles. The van der Waals surface area contributed by atoms with Gasteiger partial charge in [0, 0.05) is 11.6 Å². The molecule has 4 nitrogen and oxygen atoms in total. The number of aromatic hydroxyl groups is 1. The van der Waals surface area contributed by atoms with Crippen molar-refractivity contribution >= 4 is 16.8 Å². The molecule has 0 aliphatic carbocycles. The first-order chi connectivity index (χ1) is 10.7. The van der Waals surface area contributed by atoms with Gasteiger partial charge in [-0.2, -0.15) is 0 Å². The Bertz CT molecular complexity index is 816. The Balaban J connectivity index is 0.00000192. The normalized spacial score (nSPS) is 11.5. The molecular weight excluding hydrogens is 288 g/mol. The molecule has 23 heavy (non-hydrogen) atoms. The minimum atomic E-state index is -0.318. The molecule has 0 aliphatic heterocycles. The number of phenols is 1. The molecule has 0 unspecified atom stereocenters. The van der Waals surface area contributed by atoms with E-state index in [0.29, 0.717) is 5.52 Å². The molecule has 0 fully saturated rings. The molecular formula is C19H20N2O2. The summed E-state index contributed by atoms with van der Waals surface area (Å²) in [6, 6.07) is 16.6. The van der Waals surface area contributed by atoms with Crippen molar-refractivity contribution in [1.82, 2.24) is 10.3 Å². The van der Waals surface area contributed by atoms with Crippen molar-refractivity contribution in [1.29, 1.82) is 0 Å². The standard InChI is InChI=1S/C18H16N2O2.CH4/c1-12(13-6-3-2-4-7-13)20-18(22)15-10-9-14-8-5-11-19-16(14)17(15)21;/h2-12,21H,1H3,(H,20,22);1H4/t12-;/m1./s1. The molecule has 4 heteroatoms. The fourth-order valence-corrected chi connectivity index (χ4v) is 2.41. The maximum atomic E-state index is 12.4. The van der Waals surface area contributed by atoms with Crippen LogP contribution >= 0.6 is 0 Å². The zero-order valence-electron chi connectivity index (χ0n) is 12.2. The zero-order valence-corrected chi connectivity index (χ0v) is 12.2. The third-order valence-electron chi connectivity index (χ3n) is 3.64. The molecule has 0 saturated heterocycles. The van der Waals surface area contributed by atoms with Gasteiger partial charge < -0.3 is 10.4 Å². The monoisotopic (exact) mass is 308 g/mol. The number of nitrogens with one attached hydrogen (secondary N) is 1. The van der Waals surface area contributed by atoms with Gasteiger partial charge in [-0.3, -0.25) is 9.78 Å². The fourth-order valence-electron chi connectivity index (χ4n) is 2.41. The van der Waals surface area contributed by atoms with Crippen molar-refractivity contribution in [3.8, 4) is 5.75 Å². The summed E-state index contributed by atoms with van der Waals surface area (Å²) in [6.45, 7) is 1.91. The highest BCUT2D eigenvalue weighted by Gasteiger charge is 2.16. The molecule has 0 radical (unpaired) electrons. The molecule has 1 amide bonds. The number of phenolic OH excluding ortho intramolecular Hbond substituents is 1. The van der Waals surface area contributed by atoms with E-state index in [1.165, 1.54) is 0 Å².